The Hall–Kier alpha value is -2.99. The molecule has 2 aliphatic rings. The molecule has 2 aromatic rings. The standard InChI is InChI=1S/C21H25N7O7S3/c1-2-38(34,35)22-9-8-13(37-21-24-26-27-25-21)12-10-36-19-14(18(31)28(19)15(12)20(32)33)23-17(30)16(29)11-6-4-3-5-7-11/h3-7,13-14,16,19,22,29H,2,8-10H2,1H3,(H,23,30)(H,32,33)(H,24,25,26,27)/t13?,14-,16?,19+/m1/s1. The van der Waals surface area contributed by atoms with E-state index in [9.17, 15) is 33.0 Å². The number of aromatic amines is 1. The largest absolute Gasteiger partial charge is 0.477 e. The number of aromatic nitrogens is 4. The van der Waals surface area contributed by atoms with Crippen LogP contribution in [0.5, 0.6) is 0 Å². The molecule has 38 heavy (non-hydrogen) atoms. The van der Waals surface area contributed by atoms with Crippen LogP contribution in [-0.4, -0.2) is 96.7 Å². The van der Waals surface area contributed by atoms with Crippen molar-refractivity contribution in [1.82, 2.24) is 35.6 Å². The highest BCUT2D eigenvalue weighted by Gasteiger charge is 2.55. The normalized spacial score (nSPS) is 20.9. The van der Waals surface area contributed by atoms with Crippen LogP contribution in [0.4, 0.5) is 0 Å². The summed E-state index contributed by atoms with van der Waals surface area (Å²) in [6.45, 7) is 1.53. The number of carbonyl (C=O) groups is 3. The average Bonchev–Trinajstić information content (AvgIpc) is 3.43. The molecule has 0 saturated carbocycles. The fourth-order valence-electron chi connectivity index (χ4n) is 4.00. The second-order valence-electron chi connectivity index (χ2n) is 8.29. The SMILES string of the molecule is CCS(=O)(=O)NCCC(Sc1nnn[nH]1)C1=C(C(=O)O)N2C(=O)[C@@H](NC(=O)C(O)c3ccccc3)[C@@H]2SC1. The molecule has 17 heteroatoms. The van der Waals surface area contributed by atoms with Gasteiger partial charge in [-0.1, -0.05) is 42.1 Å². The first-order valence-corrected chi connectivity index (χ1v) is 15.0. The zero-order valence-electron chi connectivity index (χ0n) is 20.0. The molecule has 4 atom stereocenters. The first-order chi connectivity index (χ1) is 18.1. The number of nitrogens with one attached hydrogen (secondary N) is 3. The van der Waals surface area contributed by atoms with Crippen LogP contribution in [-0.2, 0) is 24.4 Å². The van der Waals surface area contributed by atoms with E-state index in [0.717, 1.165) is 16.7 Å². The molecule has 14 nitrogen and oxygen atoms in total. The lowest BCUT2D eigenvalue weighted by molar-refractivity contribution is -0.151. The average molecular weight is 584 g/mol. The summed E-state index contributed by atoms with van der Waals surface area (Å²) in [5.74, 6) is -2.63. The minimum absolute atomic E-state index is 0.0317. The lowest BCUT2D eigenvalue weighted by atomic mass is 9.99. The number of amides is 2. The third-order valence-corrected chi connectivity index (χ3v) is 9.85. The fraction of sp³-hybridized carbons (Fsp3) is 0.429. The Morgan fingerprint density at radius 2 is 2.05 bits per heavy atom. The minimum atomic E-state index is -3.47. The van der Waals surface area contributed by atoms with E-state index in [4.69, 9.17) is 0 Å². The van der Waals surface area contributed by atoms with Gasteiger partial charge in [0, 0.05) is 17.5 Å². The van der Waals surface area contributed by atoms with E-state index >= 15 is 0 Å². The lowest BCUT2D eigenvalue weighted by Gasteiger charge is -2.50. The number of aliphatic carboxylic acids is 1. The van der Waals surface area contributed by atoms with Gasteiger partial charge in [-0.3, -0.25) is 14.5 Å². The van der Waals surface area contributed by atoms with Crippen LogP contribution in [0.25, 0.3) is 0 Å². The maximum atomic E-state index is 13.1. The van der Waals surface area contributed by atoms with E-state index in [2.05, 4.69) is 30.7 Å². The number of carboxylic acid groups (broad SMARTS) is 1. The summed E-state index contributed by atoms with van der Waals surface area (Å²) in [7, 11) is -3.47. The van der Waals surface area contributed by atoms with Crippen molar-refractivity contribution in [3.05, 3.63) is 47.2 Å². The molecule has 1 saturated heterocycles. The molecule has 204 valence electrons. The van der Waals surface area contributed by atoms with Gasteiger partial charge in [-0.05, 0) is 34.9 Å². The number of sulfonamides is 1. The summed E-state index contributed by atoms with van der Waals surface area (Å²) < 4.78 is 26.2. The number of nitrogens with zero attached hydrogens (tertiary/aromatic N) is 4. The predicted molar refractivity (Wildman–Crippen MR) is 137 cm³/mol. The molecule has 4 rings (SSSR count). The summed E-state index contributed by atoms with van der Waals surface area (Å²) in [5.41, 5.74) is 0.535. The van der Waals surface area contributed by atoms with E-state index in [1.807, 2.05) is 0 Å². The highest BCUT2D eigenvalue weighted by Crippen LogP contribution is 2.44. The van der Waals surface area contributed by atoms with Crippen molar-refractivity contribution in [3.8, 4) is 0 Å². The van der Waals surface area contributed by atoms with Gasteiger partial charge in [0.2, 0.25) is 15.2 Å². The Morgan fingerprint density at radius 1 is 1.32 bits per heavy atom. The molecule has 1 fully saturated rings. The summed E-state index contributed by atoms with van der Waals surface area (Å²) >= 11 is 2.38. The smallest absolute Gasteiger partial charge is 0.352 e. The van der Waals surface area contributed by atoms with Crippen molar-refractivity contribution >= 4 is 51.3 Å². The number of β-lactam (4-membered cyclic amide) rings is 1. The number of tetrazole rings is 1. The number of thioether (sulfide) groups is 2. The number of rotatable bonds is 12. The second-order valence-corrected chi connectivity index (χ2v) is 12.7. The molecule has 0 aliphatic carbocycles. The Balaban J connectivity index is 1.54. The second kappa shape index (κ2) is 11.8. The van der Waals surface area contributed by atoms with E-state index in [-0.39, 0.29) is 30.2 Å². The predicted octanol–water partition coefficient (Wildman–Crippen LogP) is -0.538. The summed E-state index contributed by atoms with van der Waals surface area (Å²) in [5, 5.41) is 35.4. The van der Waals surface area contributed by atoms with Gasteiger partial charge in [-0.15, -0.1) is 16.9 Å². The minimum Gasteiger partial charge on any atom is -0.477 e. The van der Waals surface area contributed by atoms with Crippen LogP contribution < -0.4 is 10.0 Å². The molecule has 3 heterocycles. The number of carboxylic acids is 1. The maximum Gasteiger partial charge on any atom is 0.352 e. The Labute approximate surface area is 226 Å². The number of H-pyrrole nitrogens is 1. The van der Waals surface area contributed by atoms with Crippen molar-refractivity contribution < 1.29 is 33.0 Å². The van der Waals surface area contributed by atoms with Gasteiger partial charge in [-0.2, -0.15) is 0 Å². The molecular weight excluding hydrogens is 558 g/mol. The Kier molecular flexibility index (Phi) is 8.71. The van der Waals surface area contributed by atoms with Gasteiger partial charge in [0.25, 0.3) is 11.8 Å². The molecule has 1 aromatic carbocycles. The van der Waals surface area contributed by atoms with E-state index in [0.29, 0.717) is 16.3 Å². The van der Waals surface area contributed by atoms with Crippen LogP contribution in [0.2, 0.25) is 0 Å². The van der Waals surface area contributed by atoms with Gasteiger partial charge in [0.05, 0.1) is 5.75 Å². The highest BCUT2D eigenvalue weighted by molar-refractivity contribution is 8.01. The first kappa shape index (κ1) is 28.0. The quantitative estimate of drug-likeness (QED) is 0.158. The maximum absolute atomic E-state index is 13.1. The van der Waals surface area contributed by atoms with Crippen LogP contribution in [0, 0.1) is 0 Å². The molecule has 0 bridgehead atoms. The van der Waals surface area contributed by atoms with Gasteiger partial charge >= 0.3 is 5.97 Å². The Morgan fingerprint density at radius 3 is 2.68 bits per heavy atom. The van der Waals surface area contributed by atoms with E-state index < -0.39 is 50.6 Å². The number of benzene rings is 1. The summed E-state index contributed by atoms with van der Waals surface area (Å²) in [6.07, 6.45) is -1.28. The Bertz CT molecular complexity index is 1320. The third-order valence-electron chi connectivity index (χ3n) is 5.94. The van der Waals surface area contributed by atoms with Gasteiger partial charge in [-0.25, -0.2) is 23.0 Å². The van der Waals surface area contributed by atoms with Crippen LogP contribution >= 0.6 is 23.5 Å². The van der Waals surface area contributed by atoms with Gasteiger partial charge in [0.15, 0.2) is 6.10 Å². The summed E-state index contributed by atoms with van der Waals surface area (Å²) in [6, 6.07) is 7.22. The van der Waals surface area contributed by atoms with Crippen molar-refractivity contribution in [3.63, 3.8) is 0 Å². The molecule has 0 radical (unpaired) electrons. The fourth-order valence-corrected chi connectivity index (χ4v) is 7.18. The number of aliphatic hydroxyl groups is 1. The van der Waals surface area contributed by atoms with E-state index in [1.165, 1.54) is 18.7 Å². The number of hydrogen-bond donors (Lipinski definition) is 5. The van der Waals surface area contributed by atoms with Crippen LogP contribution in [0.15, 0.2) is 46.8 Å². The van der Waals surface area contributed by atoms with E-state index in [1.54, 1.807) is 30.3 Å². The number of aliphatic hydroxyl groups excluding tert-OH is 1. The monoisotopic (exact) mass is 583 g/mol. The molecule has 2 amide bonds. The van der Waals surface area contributed by atoms with Gasteiger partial charge in [0.1, 0.15) is 17.1 Å². The lowest BCUT2D eigenvalue weighted by Crippen LogP contribution is -2.71. The molecule has 2 aliphatic heterocycles. The van der Waals surface area contributed by atoms with Crippen molar-refractivity contribution in [2.75, 3.05) is 18.1 Å². The highest BCUT2D eigenvalue weighted by atomic mass is 32.2. The topological polar surface area (TPSA) is 208 Å². The number of hydrogen-bond acceptors (Lipinski definition) is 11. The molecule has 5 N–H and O–H groups in total. The van der Waals surface area contributed by atoms with Crippen molar-refractivity contribution in [2.45, 2.75) is 41.3 Å². The molecule has 1 aromatic heterocycles. The molecule has 0 spiro atoms. The van der Waals surface area contributed by atoms with Crippen LogP contribution in [0.1, 0.15) is 25.0 Å². The van der Waals surface area contributed by atoms with Gasteiger partial charge < -0.3 is 15.5 Å². The zero-order valence-corrected chi connectivity index (χ0v) is 22.4. The number of carbonyl (C=O) groups excluding carboxylic acids is 2. The molecular formula is C21H25N7O7S3. The van der Waals surface area contributed by atoms with Crippen molar-refractivity contribution in [2.24, 2.45) is 0 Å². The first-order valence-electron chi connectivity index (χ1n) is 11.4. The number of fused-ring (bicyclic) bond motifs is 1. The zero-order chi connectivity index (χ0) is 27.4. The third kappa shape index (κ3) is 6.01. The summed E-state index contributed by atoms with van der Waals surface area (Å²) in [4.78, 5) is 39.1. The van der Waals surface area contributed by atoms with Crippen molar-refractivity contribution in [1.29, 1.82) is 0 Å². The van der Waals surface area contributed by atoms with Crippen LogP contribution in [0.3, 0.4) is 0 Å². The molecule has 2 unspecified atom stereocenters.